The second kappa shape index (κ2) is 8.33. The van der Waals surface area contributed by atoms with Crippen LogP contribution in [0.4, 0.5) is 18.9 Å². The summed E-state index contributed by atoms with van der Waals surface area (Å²) in [5, 5.41) is 2.62. The summed E-state index contributed by atoms with van der Waals surface area (Å²) in [6, 6.07) is 8.20. The number of benzene rings is 1. The van der Waals surface area contributed by atoms with Crippen LogP contribution in [-0.4, -0.2) is 44.8 Å². The second-order valence-electron chi connectivity index (χ2n) is 6.57. The predicted octanol–water partition coefficient (Wildman–Crippen LogP) is 2.91. The molecule has 158 valence electrons. The van der Waals surface area contributed by atoms with Crippen molar-refractivity contribution in [3.8, 4) is 0 Å². The molecule has 1 fully saturated rings. The van der Waals surface area contributed by atoms with Crippen LogP contribution in [0.15, 0.2) is 40.6 Å². The van der Waals surface area contributed by atoms with E-state index in [2.05, 4.69) is 5.32 Å². The van der Waals surface area contributed by atoms with E-state index in [4.69, 9.17) is 0 Å². The number of nitrogens with zero attached hydrogens (tertiary/aromatic N) is 2. The molecule has 0 saturated carbocycles. The molecule has 29 heavy (non-hydrogen) atoms. The first kappa shape index (κ1) is 21.6. The fourth-order valence-electron chi connectivity index (χ4n) is 3.00. The van der Waals surface area contributed by atoms with Gasteiger partial charge in [0, 0.05) is 43.7 Å². The molecule has 11 heteroatoms. The first-order chi connectivity index (χ1) is 13.6. The smallest absolute Gasteiger partial charge is 0.369 e. The molecule has 3 rings (SSSR count). The average molecular weight is 448 g/mol. The maximum Gasteiger partial charge on any atom is 0.416 e. The van der Waals surface area contributed by atoms with Gasteiger partial charge in [-0.2, -0.15) is 17.5 Å². The lowest BCUT2D eigenvalue weighted by Crippen LogP contribution is -2.48. The van der Waals surface area contributed by atoms with E-state index in [1.165, 1.54) is 23.4 Å². The number of anilines is 1. The summed E-state index contributed by atoms with van der Waals surface area (Å²) < 4.78 is 66.0. The van der Waals surface area contributed by atoms with E-state index in [9.17, 15) is 26.4 Å². The van der Waals surface area contributed by atoms with Crippen molar-refractivity contribution in [3.63, 3.8) is 0 Å². The van der Waals surface area contributed by atoms with Gasteiger partial charge in [0.25, 0.3) is 10.0 Å². The minimum Gasteiger partial charge on any atom is -0.369 e. The normalized spacial score (nSPS) is 16.1. The molecule has 0 bridgehead atoms. The van der Waals surface area contributed by atoms with E-state index in [0.717, 1.165) is 28.3 Å². The summed E-state index contributed by atoms with van der Waals surface area (Å²) in [7, 11) is -3.68. The van der Waals surface area contributed by atoms with Gasteiger partial charge in [0.1, 0.15) is 4.21 Å². The zero-order chi connectivity index (χ0) is 21.2. The van der Waals surface area contributed by atoms with Gasteiger partial charge in [-0.25, -0.2) is 8.42 Å². The van der Waals surface area contributed by atoms with Crippen LogP contribution in [0, 0.1) is 0 Å². The molecule has 0 unspecified atom stereocenters. The number of nitrogens with one attached hydrogen (secondary N) is 1. The number of carbonyl (C=O) groups excluding carboxylic acids is 1. The number of piperazine rings is 1. The highest BCUT2D eigenvalue weighted by molar-refractivity contribution is 7.91. The van der Waals surface area contributed by atoms with E-state index < -0.39 is 21.8 Å². The van der Waals surface area contributed by atoms with E-state index >= 15 is 0 Å². The van der Waals surface area contributed by atoms with Crippen LogP contribution in [0.3, 0.4) is 0 Å². The van der Waals surface area contributed by atoms with E-state index in [1.54, 1.807) is 17.0 Å². The molecule has 1 aliphatic rings. The minimum atomic E-state index is -4.42. The Balaban J connectivity index is 1.66. The van der Waals surface area contributed by atoms with Gasteiger partial charge in [0.15, 0.2) is 0 Å². The second-order valence-corrected chi connectivity index (χ2v) is 9.90. The summed E-state index contributed by atoms with van der Waals surface area (Å²) in [5.74, 6) is -0.200. The molecule has 1 N–H and O–H groups in total. The third-order valence-corrected chi connectivity index (χ3v) is 7.97. The molecule has 0 atom stereocenters. The van der Waals surface area contributed by atoms with Crippen LogP contribution < -0.4 is 10.2 Å². The number of carbonyl (C=O) groups is 1. The summed E-state index contributed by atoms with van der Waals surface area (Å²) in [6.45, 7) is 2.60. The summed E-state index contributed by atoms with van der Waals surface area (Å²) in [6.07, 6.45) is -4.42. The van der Waals surface area contributed by atoms with Gasteiger partial charge in [0.2, 0.25) is 5.91 Å². The van der Waals surface area contributed by atoms with Gasteiger partial charge in [-0.1, -0.05) is 6.07 Å². The maximum absolute atomic E-state index is 12.9. The van der Waals surface area contributed by atoms with Crippen molar-refractivity contribution in [3.05, 3.63) is 46.8 Å². The highest BCUT2D eigenvalue weighted by Crippen LogP contribution is 2.32. The number of halogens is 3. The van der Waals surface area contributed by atoms with Crippen molar-refractivity contribution < 1.29 is 26.4 Å². The number of alkyl halides is 3. The van der Waals surface area contributed by atoms with Crippen LogP contribution in [0.1, 0.15) is 17.4 Å². The molecule has 1 aromatic carbocycles. The lowest BCUT2D eigenvalue weighted by Gasteiger charge is -2.35. The summed E-state index contributed by atoms with van der Waals surface area (Å²) in [4.78, 5) is 13.5. The van der Waals surface area contributed by atoms with Crippen molar-refractivity contribution in [1.29, 1.82) is 0 Å². The van der Waals surface area contributed by atoms with Crippen molar-refractivity contribution in [2.45, 2.75) is 23.9 Å². The minimum absolute atomic E-state index is 0.178. The third kappa shape index (κ3) is 5.09. The van der Waals surface area contributed by atoms with E-state index in [-0.39, 0.29) is 29.8 Å². The van der Waals surface area contributed by atoms with Gasteiger partial charge in [-0.05, 0) is 30.3 Å². The number of rotatable bonds is 5. The molecule has 1 aliphatic heterocycles. The van der Waals surface area contributed by atoms with Gasteiger partial charge in [-0.3, -0.25) is 4.79 Å². The molecular formula is C18H20F3N3O3S2. The van der Waals surface area contributed by atoms with Crippen molar-refractivity contribution in [2.24, 2.45) is 0 Å². The average Bonchev–Trinajstić information content (AvgIpc) is 3.16. The molecule has 1 aromatic heterocycles. The van der Waals surface area contributed by atoms with Crippen molar-refractivity contribution >= 4 is 33.0 Å². The predicted molar refractivity (Wildman–Crippen MR) is 104 cm³/mol. The molecule has 0 radical (unpaired) electrons. The highest BCUT2D eigenvalue weighted by Gasteiger charge is 2.32. The molecule has 2 aromatic rings. The summed E-state index contributed by atoms with van der Waals surface area (Å²) in [5.41, 5.74) is -0.305. The van der Waals surface area contributed by atoms with Gasteiger partial charge >= 0.3 is 6.18 Å². The monoisotopic (exact) mass is 447 g/mol. The van der Waals surface area contributed by atoms with Gasteiger partial charge in [-0.15, -0.1) is 11.3 Å². The van der Waals surface area contributed by atoms with Crippen LogP contribution in [0.2, 0.25) is 0 Å². The number of amides is 1. The Morgan fingerprint density at radius 3 is 2.45 bits per heavy atom. The first-order valence-electron chi connectivity index (χ1n) is 8.83. The fraction of sp³-hybridized carbons (Fsp3) is 0.389. The lowest BCUT2D eigenvalue weighted by atomic mass is 10.1. The van der Waals surface area contributed by atoms with Crippen molar-refractivity contribution in [1.82, 2.24) is 9.62 Å². The molecule has 1 amide bonds. The van der Waals surface area contributed by atoms with Crippen molar-refractivity contribution in [2.75, 3.05) is 31.1 Å². The standard InChI is InChI=1S/C18H20F3N3O3S2/c1-13(25)22-12-16-5-6-17(28-16)29(26,27)24-9-7-23(8-10-24)15-4-2-3-14(11-15)18(19,20)21/h2-6,11H,7-10,12H2,1H3,(H,22,25). The lowest BCUT2D eigenvalue weighted by molar-refractivity contribution is -0.137. The Hall–Kier alpha value is -2.11. The zero-order valence-electron chi connectivity index (χ0n) is 15.6. The van der Waals surface area contributed by atoms with Crippen LogP contribution in [-0.2, 0) is 27.5 Å². The van der Waals surface area contributed by atoms with Gasteiger partial charge < -0.3 is 10.2 Å². The maximum atomic E-state index is 12.9. The molecule has 0 spiro atoms. The molecule has 1 saturated heterocycles. The van der Waals surface area contributed by atoms with Gasteiger partial charge in [0.05, 0.1) is 12.1 Å². The van der Waals surface area contributed by atoms with E-state index in [0.29, 0.717) is 18.8 Å². The topological polar surface area (TPSA) is 69.7 Å². The highest BCUT2D eigenvalue weighted by atomic mass is 32.2. The Kier molecular flexibility index (Phi) is 6.20. The first-order valence-corrected chi connectivity index (χ1v) is 11.1. The molecular weight excluding hydrogens is 427 g/mol. The van der Waals surface area contributed by atoms with Crippen LogP contribution in [0.5, 0.6) is 0 Å². The Bertz CT molecular complexity index is 981. The Morgan fingerprint density at radius 1 is 1.14 bits per heavy atom. The summed E-state index contributed by atoms with van der Waals surface area (Å²) >= 11 is 1.09. The number of hydrogen-bond acceptors (Lipinski definition) is 5. The zero-order valence-corrected chi connectivity index (χ0v) is 17.2. The fourth-order valence-corrected chi connectivity index (χ4v) is 5.87. The largest absolute Gasteiger partial charge is 0.416 e. The Labute approximate surface area is 171 Å². The van der Waals surface area contributed by atoms with Crippen LogP contribution in [0.25, 0.3) is 0 Å². The quantitative estimate of drug-likeness (QED) is 0.765. The molecule has 2 heterocycles. The number of thiophene rings is 1. The number of hydrogen-bond donors (Lipinski definition) is 1. The Morgan fingerprint density at radius 2 is 1.83 bits per heavy atom. The number of sulfonamides is 1. The molecule has 6 nitrogen and oxygen atoms in total. The SMILES string of the molecule is CC(=O)NCc1ccc(S(=O)(=O)N2CCN(c3cccc(C(F)(F)F)c3)CC2)s1. The van der Waals surface area contributed by atoms with Crippen LogP contribution >= 0.6 is 11.3 Å². The molecule has 0 aliphatic carbocycles. The van der Waals surface area contributed by atoms with E-state index in [1.807, 2.05) is 0 Å². The third-order valence-electron chi connectivity index (χ3n) is 4.52.